The first-order valence-corrected chi connectivity index (χ1v) is 8.26. The van der Waals surface area contributed by atoms with Crippen LogP contribution in [0, 0.1) is 0 Å². The van der Waals surface area contributed by atoms with Gasteiger partial charge in [-0.1, -0.05) is 72.8 Å². The van der Waals surface area contributed by atoms with Crippen molar-refractivity contribution in [3.63, 3.8) is 0 Å². The molecule has 3 heteroatoms. The highest BCUT2D eigenvalue weighted by Gasteiger charge is 2.23. The second-order valence-corrected chi connectivity index (χ2v) is 5.81. The second kappa shape index (κ2) is 6.65. The Hall–Kier alpha value is -3.33. The van der Waals surface area contributed by atoms with Gasteiger partial charge in [-0.2, -0.15) is 0 Å². The summed E-state index contributed by atoms with van der Waals surface area (Å²) in [5.74, 6) is 1.76. The van der Waals surface area contributed by atoms with Crippen LogP contribution in [-0.4, -0.2) is 12.1 Å². The van der Waals surface area contributed by atoms with Crippen molar-refractivity contribution < 1.29 is 9.72 Å². The minimum absolute atomic E-state index is 0.833. The third-order valence-electron chi connectivity index (χ3n) is 4.25. The molecular formula is C22H19N2O+. The summed E-state index contributed by atoms with van der Waals surface area (Å²) in [6.07, 6.45) is 0. The molecule has 3 aromatic carbocycles. The third kappa shape index (κ3) is 2.92. The van der Waals surface area contributed by atoms with Crippen LogP contribution in [0.3, 0.4) is 0 Å². The summed E-state index contributed by atoms with van der Waals surface area (Å²) in [4.78, 5) is 7.10. The number of imidazole rings is 1. The van der Waals surface area contributed by atoms with Crippen LogP contribution >= 0.6 is 0 Å². The van der Waals surface area contributed by atoms with Crippen molar-refractivity contribution in [1.82, 2.24) is 4.98 Å². The summed E-state index contributed by atoms with van der Waals surface area (Å²) in [6, 6.07) is 28.7. The maximum Gasteiger partial charge on any atom is 0.289 e. The number of hydrogen-bond acceptors (Lipinski definition) is 1. The third-order valence-corrected chi connectivity index (χ3v) is 4.25. The summed E-state index contributed by atoms with van der Waals surface area (Å²) >= 11 is 0. The number of para-hydroxylation sites is 1. The van der Waals surface area contributed by atoms with E-state index in [4.69, 9.17) is 4.74 Å². The fraction of sp³-hybridized carbons (Fsp3) is 0.0455. The van der Waals surface area contributed by atoms with Gasteiger partial charge in [0.15, 0.2) is 11.4 Å². The van der Waals surface area contributed by atoms with Gasteiger partial charge in [0, 0.05) is 11.1 Å². The Kier molecular flexibility index (Phi) is 4.05. The molecule has 0 saturated heterocycles. The number of rotatable bonds is 4. The lowest BCUT2D eigenvalue weighted by Gasteiger charge is -2.02. The van der Waals surface area contributed by atoms with E-state index in [1.807, 2.05) is 60.7 Å². The smallest absolute Gasteiger partial charge is 0.289 e. The van der Waals surface area contributed by atoms with Crippen molar-refractivity contribution >= 4 is 0 Å². The van der Waals surface area contributed by atoms with Crippen LogP contribution in [0.15, 0.2) is 84.9 Å². The lowest BCUT2D eigenvalue weighted by Crippen LogP contribution is -2.06. The number of aromatic nitrogens is 2. The first-order chi connectivity index (χ1) is 12.4. The fourth-order valence-corrected chi connectivity index (χ4v) is 3.03. The number of hydrogen-bond donors (Lipinski definition) is 1. The van der Waals surface area contributed by atoms with Crippen LogP contribution in [-0.2, 0) is 0 Å². The number of ether oxygens (including phenoxy) is 1. The Morgan fingerprint density at radius 1 is 0.720 bits per heavy atom. The largest absolute Gasteiger partial charge is 0.496 e. The van der Waals surface area contributed by atoms with Crippen molar-refractivity contribution in [1.29, 1.82) is 0 Å². The first kappa shape index (κ1) is 15.2. The molecule has 0 radical (unpaired) electrons. The van der Waals surface area contributed by atoms with Gasteiger partial charge in [0.1, 0.15) is 11.3 Å². The van der Waals surface area contributed by atoms with Crippen molar-refractivity contribution in [3.8, 4) is 39.7 Å². The van der Waals surface area contributed by atoms with Crippen LogP contribution in [0.2, 0.25) is 0 Å². The number of benzene rings is 3. The van der Waals surface area contributed by atoms with E-state index in [-0.39, 0.29) is 0 Å². The lowest BCUT2D eigenvalue weighted by atomic mass is 10.1. The Morgan fingerprint density at radius 3 is 2.00 bits per heavy atom. The zero-order valence-corrected chi connectivity index (χ0v) is 14.0. The van der Waals surface area contributed by atoms with Gasteiger partial charge in [-0.05, 0) is 12.1 Å². The van der Waals surface area contributed by atoms with Gasteiger partial charge >= 0.3 is 0 Å². The number of H-pyrrole nitrogens is 2. The molecule has 0 amide bonds. The van der Waals surface area contributed by atoms with Crippen molar-refractivity contribution in [2.24, 2.45) is 0 Å². The number of nitrogens with one attached hydrogen (secondary N) is 2. The van der Waals surface area contributed by atoms with Gasteiger partial charge in [0.2, 0.25) is 0 Å². The monoisotopic (exact) mass is 327 g/mol. The molecule has 0 spiro atoms. The van der Waals surface area contributed by atoms with Crippen LogP contribution < -0.4 is 9.72 Å². The molecule has 3 nitrogen and oxygen atoms in total. The topological polar surface area (TPSA) is 39.2 Å². The van der Waals surface area contributed by atoms with Crippen LogP contribution in [0.5, 0.6) is 5.75 Å². The van der Waals surface area contributed by atoms with Gasteiger partial charge in [-0.3, -0.25) is 0 Å². The zero-order chi connectivity index (χ0) is 17.1. The first-order valence-electron chi connectivity index (χ1n) is 8.26. The van der Waals surface area contributed by atoms with Crippen molar-refractivity contribution in [2.75, 3.05) is 7.11 Å². The van der Waals surface area contributed by atoms with E-state index in [9.17, 15) is 0 Å². The fourth-order valence-electron chi connectivity index (χ4n) is 3.03. The average molecular weight is 327 g/mol. The molecule has 0 unspecified atom stereocenters. The molecule has 1 heterocycles. The van der Waals surface area contributed by atoms with E-state index in [0.29, 0.717) is 0 Å². The van der Waals surface area contributed by atoms with E-state index in [1.54, 1.807) is 7.11 Å². The predicted octanol–water partition coefficient (Wildman–Crippen LogP) is 4.84. The minimum Gasteiger partial charge on any atom is -0.496 e. The molecule has 0 aliphatic heterocycles. The Morgan fingerprint density at radius 2 is 1.32 bits per heavy atom. The summed E-state index contributed by atoms with van der Waals surface area (Å²) in [6.45, 7) is 0. The van der Waals surface area contributed by atoms with Gasteiger partial charge in [-0.15, -0.1) is 0 Å². The summed E-state index contributed by atoms with van der Waals surface area (Å²) in [5, 5.41) is 0. The maximum atomic E-state index is 5.52. The highest BCUT2D eigenvalue weighted by molar-refractivity contribution is 5.78. The predicted molar refractivity (Wildman–Crippen MR) is 100 cm³/mol. The summed E-state index contributed by atoms with van der Waals surface area (Å²) in [7, 11) is 1.69. The normalized spacial score (nSPS) is 10.6. The van der Waals surface area contributed by atoms with Gasteiger partial charge in [0.05, 0.1) is 7.11 Å². The molecule has 0 bridgehead atoms. The molecular weight excluding hydrogens is 308 g/mol. The molecule has 2 N–H and O–H groups in total. The van der Waals surface area contributed by atoms with E-state index < -0.39 is 0 Å². The quantitative estimate of drug-likeness (QED) is 0.572. The molecule has 0 atom stereocenters. The van der Waals surface area contributed by atoms with E-state index in [2.05, 4.69) is 34.2 Å². The van der Waals surface area contributed by atoms with E-state index in [1.165, 1.54) is 0 Å². The maximum absolute atomic E-state index is 5.52. The molecule has 0 aliphatic carbocycles. The van der Waals surface area contributed by atoms with Crippen LogP contribution in [0.4, 0.5) is 0 Å². The van der Waals surface area contributed by atoms with Gasteiger partial charge in [-0.25, -0.2) is 9.97 Å². The molecule has 0 fully saturated rings. The van der Waals surface area contributed by atoms with Crippen LogP contribution in [0.1, 0.15) is 0 Å². The second-order valence-electron chi connectivity index (χ2n) is 5.81. The molecule has 0 saturated carbocycles. The summed E-state index contributed by atoms with van der Waals surface area (Å²) in [5.41, 5.74) is 5.40. The SMILES string of the molecule is COc1ccccc1-c1[nH]c(-c2ccccc2)c(-c2ccccc2)[nH+]1. The Labute approximate surface area is 147 Å². The van der Waals surface area contributed by atoms with Gasteiger partial charge in [0.25, 0.3) is 5.82 Å². The van der Waals surface area contributed by atoms with Crippen molar-refractivity contribution in [3.05, 3.63) is 84.9 Å². The highest BCUT2D eigenvalue weighted by Crippen LogP contribution is 2.32. The Bertz CT molecular complexity index is 918. The Balaban J connectivity index is 1.93. The molecule has 0 aliphatic rings. The number of aromatic amines is 2. The van der Waals surface area contributed by atoms with Crippen molar-refractivity contribution in [2.45, 2.75) is 0 Å². The summed E-state index contributed by atoms with van der Waals surface area (Å²) < 4.78 is 5.52. The standard InChI is InChI=1S/C22H18N2O/c1-25-19-15-9-8-14-18(19)22-23-20(16-10-4-2-5-11-16)21(24-22)17-12-6-3-7-13-17/h2-15H,1H3,(H,23,24)/p+1. The van der Waals surface area contributed by atoms with E-state index in [0.717, 1.165) is 39.7 Å². The molecule has 4 aromatic rings. The van der Waals surface area contributed by atoms with Gasteiger partial charge < -0.3 is 4.74 Å². The molecule has 4 rings (SSSR count). The lowest BCUT2D eigenvalue weighted by molar-refractivity contribution is -0.349. The van der Waals surface area contributed by atoms with Crippen LogP contribution in [0.25, 0.3) is 33.9 Å². The molecule has 122 valence electrons. The highest BCUT2D eigenvalue weighted by atomic mass is 16.5. The zero-order valence-electron chi connectivity index (χ0n) is 14.0. The molecule has 1 aromatic heterocycles. The van der Waals surface area contributed by atoms with E-state index >= 15 is 0 Å². The average Bonchev–Trinajstić information content (AvgIpc) is 3.14. The molecule has 25 heavy (non-hydrogen) atoms. The number of methoxy groups -OCH3 is 1. The minimum atomic E-state index is 0.833.